The zero-order valence-electron chi connectivity index (χ0n) is 13.2. The molecule has 0 spiro atoms. The maximum atomic E-state index is 13.6. The lowest BCUT2D eigenvalue weighted by atomic mass is 10.00. The van der Waals surface area contributed by atoms with Crippen LogP contribution < -0.4 is 11.4 Å². The van der Waals surface area contributed by atoms with E-state index in [0.29, 0.717) is 0 Å². The van der Waals surface area contributed by atoms with Crippen LogP contribution in [0.2, 0.25) is 0 Å². The van der Waals surface area contributed by atoms with Crippen LogP contribution in [-0.2, 0) is 14.3 Å². The molecule has 0 unspecified atom stereocenters. The molecule has 0 aliphatic carbocycles. The molecule has 1 fully saturated rings. The summed E-state index contributed by atoms with van der Waals surface area (Å²) in [4.78, 5) is 26.8. The topological polar surface area (TPSA) is 117 Å². The molecule has 1 aliphatic heterocycles. The van der Waals surface area contributed by atoms with E-state index in [1.807, 2.05) is 0 Å². The second-order valence-electron chi connectivity index (χ2n) is 5.95. The van der Waals surface area contributed by atoms with Crippen molar-refractivity contribution < 1.29 is 23.8 Å². The van der Waals surface area contributed by atoms with Gasteiger partial charge in [0.15, 0.2) is 11.6 Å². The predicted molar refractivity (Wildman–Crippen MR) is 82.9 cm³/mol. The van der Waals surface area contributed by atoms with Crippen LogP contribution >= 0.6 is 11.6 Å². The van der Waals surface area contributed by atoms with Crippen molar-refractivity contribution in [2.45, 2.75) is 38.2 Å². The van der Waals surface area contributed by atoms with Crippen LogP contribution in [0.3, 0.4) is 0 Å². The molecule has 2 heterocycles. The number of alkyl halides is 1. The van der Waals surface area contributed by atoms with Crippen molar-refractivity contribution in [3.63, 3.8) is 0 Å². The number of hydrogen-bond acceptors (Lipinski definition) is 7. The van der Waals surface area contributed by atoms with Gasteiger partial charge in [-0.15, -0.1) is 11.6 Å². The molecule has 3 atom stereocenters. The molecular weight excluding hydrogens is 345 g/mol. The van der Waals surface area contributed by atoms with E-state index >= 15 is 0 Å². The molecule has 0 amide bonds. The van der Waals surface area contributed by atoms with E-state index in [-0.39, 0.29) is 24.8 Å². The number of nitrogens with two attached hydrogens (primary N) is 1. The Balaban J connectivity index is 2.22. The molecule has 134 valence electrons. The molecule has 24 heavy (non-hydrogen) atoms. The Hall–Kier alpha value is -1.71. The van der Waals surface area contributed by atoms with Gasteiger partial charge in [0.05, 0.1) is 24.1 Å². The SMILES string of the molecule is CC(C)C(=O)OC[C@@]1(CCl)O[C@@H](n2cc(F)c(N)nc2=O)C[C@@H]1O. The van der Waals surface area contributed by atoms with Crippen molar-refractivity contribution in [1.82, 2.24) is 9.55 Å². The van der Waals surface area contributed by atoms with Crippen LogP contribution in [0.25, 0.3) is 0 Å². The van der Waals surface area contributed by atoms with Crippen molar-refractivity contribution in [3.8, 4) is 0 Å². The van der Waals surface area contributed by atoms with Gasteiger partial charge in [-0.3, -0.25) is 9.36 Å². The summed E-state index contributed by atoms with van der Waals surface area (Å²) in [5, 5.41) is 10.3. The first-order valence-corrected chi connectivity index (χ1v) is 7.86. The highest BCUT2D eigenvalue weighted by molar-refractivity contribution is 6.18. The van der Waals surface area contributed by atoms with E-state index in [0.717, 1.165) is 10.8 Å². The van der Waals surface area contributed by atoms with E-state index in [4.69, 9.17) is 26.8 Å². The van der Waals surface area contributed by atoms with Crippen molar-refractivity contribution in [3.05, 3.63) is 22.5 Å². The van der Waals surface area contributed by atoms with Crippen LogP contribution in [0.15, 0.2) is 11.0 Å². The van der Waals surface area contributed by atoms with Gasteiger partial charge in [-0.05, 0) is 0 Å². The lowest BCUT2D eigenvalue weighted by Crippen LogP contribution is -2.47. The monoisotopic (exact) mass is 363 g/mol. The Morgan fingerprint density at radius 3 is 2.96 bits per heavy atom. The molecule has 1 aliphatic rings. The average molecular weight is 364 g/mol. The van der Waals surface area contributed by atoms with Crippen LogP contribution in [0, 0.1) is 11.7 Å². The molecule has 2 rings (SSSR count). The van der Waals surface area contributed by atoms with Crippen molar-refractivity contribution in [2.75, 3.05) is 18.2 Å². The Labute approximate surface area is 142 Å². The minimum Gasteiger partial charge on any atom is -0.462 e. The van der Waals surface area contributed by atoms with E-state index in [2.05, 4.69) is 4.98 Å². The fourth-order valence-electron chi connectivity index (χ4n) is 2.29. The first-order valence-electron chi connectivity index (χ1n) is 7.33. The standard InChI is InChI=1S/C14H19ClFN3O5/c1-7(2)12(21)23-6-14(5-15)9(20)3-10(24-14)19-4-8(16)11(17)18-13(19)22/h4,7,9-10,20H,3,5-6H2,1-2H3,(H2,17,18,22)/t9-,10+,14+/m0/s1. The highest BCUT2D eigenvalue weighted by atomic mass is 35.5. The zero-order chi connectivity index (χ0) is 18.1. The molecule has 0 saturated carbocycles. The number of aliphatic hydroxyl groups is 1. The molecule has 10 heteroatoms. The summed E-state index contributed by atoms with van der Waals surface area (Å²) in [7, 11) is 0. The molecule has 0 bridgehead atoms. The highest BCUT2D eigenvalue weighted by Crippen LogP contribution is 2.37. The summed E-state index contributed by atoms with van der Waals surface area (Å²) in [5.74, 6) is -2.43. The Bertz CT molecular complexity index is 683. The van der Waals surface area contributed by atoms with Gasteiger partial charge in [0.2, 0.25) is 0 Å². The summed E-state index contributed by atoms with van der Waals surface area (Å²) in [6, 6.07) is 0. The first kappa shape index (κ1) is 18.6. The van der Waals surface area contributed by atoms with Gasteiger partial charge in [-0.1, -0.05) is 13.8 Å². The van der Waals surface area contributed by atoms with Crippen LogP contribution in [0.5, 0.6) is 0 Å². The Morgan fingerprint density at radius 1 is 1.71 bits per heavy atom. The summed E-state index contributed by atoms with van der Waals surface area (Å²) in [6.07, 6.45) is -1.32. The number of anilines is 1. The number of hydrogen-bond donors (Lipinski definition) is 2. The number of esters is 1. The molecule has 1 aromatic rings. The number of carbonyl (C=O) groups is 1. The second kappa shape index (κ2) is 7.04. The normalized spacial score (nSPS) is 26.8. The molecule has 0 aromatic carbocycles. The summed E-state index contributed by atoms with van der Waals surface area (Å²) in [6.45, 7) is 3.03. The largest absolute Gasteiger partial charge is 0.462 e. The number of rotatable bonds is 5. The second-order valence-corrected chi connectivity index (χ2v) is 6.22. The van der Waals surface area contributed by atoms with Gasteiger partial charge in [-0.25, -0.2) is 9.18 Å². The van der Waals surface area contributed by atoms with E-state index < -0.39 is 41.2 Å². The number of nitrogens with zero attached hydrogens (tertiary/aromatic N) is 2. The minimum absolute atomic E-state index is 0.0447. The fourth-order valence-corrected chi connectivity index (χ4v) is 2.61. The van der Waals surface area contributed by atoms with E-state index in [1.165, 1.54) is 0 Å². The van der Waals surface area contributed by atoms with Crippen molar-refractivity contribution in [2.24, 2.45) is 5.92 Å². The molecule has 3 N–H and O–H groups in total. The number of carbonyl (C=O) groups excluding carboxylic acids is 1. The third-order valence-electron chi connectivity index (χ3n) is 3.80. The molecule has 8 nitrogen and oxygen atoms in total. The maximum absolute atomic E-state index is 13.6. The summed E-state index contributed by atoms with van der Waals surface area (Å²) >= 11 is 5.90. The van der Waals surface area contributed by atoms with Crippen molar-refractivity contribution >= 4 is 23.4 Å². The van der Waals surface area contributed by atoms with Crippen LogP contribution in [0.1, 0.15) is 26.5 Å². The predicted octanol–water partition coefficient (Wildman–Crippen LogP) is 0.421. The quantitative estimate of drug-likeness (QED) is 0.575. The number of halogens is 2. The fraction of sp³-hybridized carbons (Fsp3) is 0.643. The number of aromatic nitrogens is 2. The molecule has 1 aromatic heterocycles. The molecular formula is C14H19ClFN3O5. The van der Waals surface area contributed by atoms with Gasteiger partial charge < -0.3 is 20.3 Å². The van der Waals surface area contributed by atoms with Gasteiger partial charge >= 0.3 is 11.7 Å². The van der Waals surface area contributed by atoms with Crippen LogP contribution in [0.4, 0.5) is 10.2 Å². The van der Waals surface area contributed by atoms with Crippen LogP contribution in [-0.4, -0.2) is 44.8 Å². The van der Waals surface area contributed by atoms with Gasteiger partial charge in [-0.2, -0.15) is 4.98 Å². The third-order valence-corrected chi connectivity index (χ3v) is 4.26. The van der Waals surface area contributed by atoms with E-state index in [1.54, 1.807) is 13.8 Å². The van der Waals surface area contributed by atoms with Gasteiger partial charge in [0.1, 0.15) is 18.4 Å². The third kappa shape index (κ3) is 3.52. The van der Waals surface area contributed by atoms with E-state index in [9.17, 15) is 19.1 Å². The first-order chi connectivity index (χ1) is 11.2. The highest BCUT2D eigenvalue weighted by Gasteiger charge is 2.49. The summed E-state index contributed by atoms with van der Waals surface area (Å²) in [5.41, 5.74) is 3.02. The van der Waals surface area contributed by atoms with Crippen molar-refractivity contribution in [1.29, 1.82) is 0 Å². The van der Waals surface area contributed by atoms with Gasteiger partial charge in [0.25, 0.3) is 0 Å². The summed E-state index contributed by atoms with van der Waals surface area (Å²) < 4.78 is 25.2. The number of nitrogen functional groups attached to an aromatic ring is 1. The lowest BCUT2D eigenvalue weighted by Gasteiger charge is -2.29. The zero-order valence-corrected chi connectivity index (χ0v) is 14.0. The Kier molecular flexibility index (Phi) is 5.46. The number of aliphatic hydroxyl groups excluding tert-OH is 1. The number of ether oxygens (including phenoxy) is 2. The average Bonchev–Trinajstić information content (AvgIpc) is 2.85. The smallest absolute Gasteiger partial charge is 0.351 e. The maximum Gasteiger partial charge on any atom is 0.351 e. The molecule has 0 radical (unpaired) electrons. The Morgan fingerprint density at radius 2 is 2.38 bits per heavy atom. The van der Waals surface area contributed by atoms with Gasteiger partial charge in [0, 0.05) is 6.42 Å². The molecule has 1 saturated heterocycles. The minimum atomic E-state index is -1.39. The lowest BCUT2D eigenvalue weighted by molar-refractivity contribution is -0.165.